The topological polar surface area (TPSA) is 55.8 Å². The molecule has 3 aliphatic carbocycles. The van der Waals surface area contributed by atoms with Crippen LogP contribution in [0.4, 0.5) is 0 Å². The summed E-state index contributed by atoms with van der Waals surface area (Å²) in [5.74, 6) is 1.11. The summed E-state index contributed by atoms with van der Waals surface area (Å²) in [6.07, 6.45) is 8.43. The Morgan fingerprint density at radius 3 is 1.96 bits per heavy atom. The Morgan fingerprint density at radius 1 is 0.756 bits per heavy atom. The molecule has 0 spiro atoms. The first-order valence-corrected chi connectivity index (χ1v) is 17.3. The number of allylic oxidation sites excluding steroid dienone is 4. The van der Waals surface area contributed by atoms with Crippen LogP contribution in [0.25, 0.3) is 0 Å². The van der Waals surface area contributed by atoms with E-state index < -0.39 is 5.92 Å². The summed E-state index contributed by atoms with van der Waals surface area (Å²) < 4.78 is 12.4. The molecule has 0 radical (unpaired) electrons. The van der Waals surface area contributed by atoms with Gasteiger partial charge < -0.3 is 14.4 Å². The molecule has 0 atom stereocenters. The molecule has 0 aromatic heterocycles. The van der Waals surface area contributed by atoms with E-state index in [1.807, 2.05) is 31.2 Å². The number of hydrogen-bond acceptors (Lipinski definition) is 5. The van der Waals surface area contributed by atoms with Gasteiger partial charge in [-0.05, 0) is 78.8 Å². The Bertz CT molecular complexity index is 1530. The number of ether oxygens (including phenoxy) is 2. The molecule has 6 rings (SSSR count). The molecule has 0 unspecified atom stereocenters. The zero-order chi connectivity index (χ0) is 32.1. The van der Waals surface area contributed by atoms with Crippen LogP contribution in [0.5, 0.6) is 11.5 Å². The van der Waals surface area contributed by atoms with E-state index in [4.69, 9.17) is 32.7 Å². The monoisotopic (exact) mass is 649 g/mol. The van der Waals surface area contributed by atoms with Crippen LogP contribution in [0.2, 0.25) is 10.0 Å². The van der Waals surface area contributed by atoms with Gasteiger partial charge in [0.2, 0.25) is 0 Å². The van der Waals surface area contributed by atoms with Gasteiger partial charge >= 0.3 is 0 Å². The van der Waals surface area contributed by atoms with E-state index in [9.17, 15) is 9.59 Å². The molecule has 240 valence electrons. The van der Waals surface area contributed by atoms with Crippen molar-refractivity contribution in [3.63, 3.8) is 0 Å². The second-order valence-electron chi connectivity index (χ2n) is 14.9. The molecule has 0 N–H and O–H groups in total. The number of Topliss-reactive ketones (excluding diaryl/α,β-unsaturated/α-hetero) is 2. The van der Waals surface area contributed by atoms with Crippen molar-refractivity contribution < 1.29 is 19.1 Å². The van der Waals surface area contributed by atoms with Crippen LogP contribution in [-0.4, -0.2) is 29.1 Å². The first-order chi connectivity index (χ1) is 21.4. The minimum Gasteiger partial charge on any atom is -0.490 e. The van der Waals surface area contributed by atoms with Crippen LogP contribution < -0.4 is 9.47 Å². The van der Waals surface area contributed by atoms with E-state index in [0.29, 0.717) is 53.6 Å². The van der Waals surface area contributed by atoms with Crippen LogP contribution in [0.3, 0.4) is 0 Å². The van der Waals surface area contributed by atoms with Gasteiger partial charge in [0.25, 0.3) is 0 Å². The quantitative estimate of drug-likeness (QED) is 0.299. The molecule has 5 nitrogen and oxygen atoms in total. The highest BCUT2D eigenvalue weighted by molar-refractivity contribution is 6.42. The first-order valence-electron chi connectivity index (χ1n) is 16.5. The van der Waals surface area contributed by atoms with Crippen molar-refractivity contribution in [1.82, 2.24) is 4.90 Å². The molecule has 1 fully saturated rings. The number of rotatable bonds is 7. The summed E-state index contributed by atoms with van der Waals surface area (Å²) in [5.41, 5.74) is 5.45. The molecule has 0 bridgehead atoms. The molecule has 7 heteroatoms. The zero-order valence-electron chi connectivity index (χ0n) is 27.2. The molecule has 0 saturated heterocycles. The lowest BCUT2D eigenvalue weighted by Crippen LogP contribution is -2.48. The number of halogens is 2. The van der Waals surface area contributed by atoms with Gasteiger partial charge in [-0.25, -0.2) is 0 Å². The van der Waals surface area contributed by atoms with Crippen molar-refractivity contribution in [3.8, 4) is 11.5 Å². The average Bonchev–Trinajstić information content (AvgIpc) is 2.96. The Balaban J connectivity index is 1.47. The smallest absolute Gasteiger partial charge is 0.162 e. The van der Waals surface area contributed by atoms with Crippen molar-refractivity contribution in [2.45, 2.75) is 111 Å². The Morgan fingerprint density at radius 2 is 1.38 bits per heavy atom. The maximum Gasteiger partial charge on any atom is 0.162 e. The van der Waals surface area contributed by atoms with Crippen molar-refractivity contribution in [3.05, 3.63) is 80.1 Å². The minimum absolute atomic E-state index is 0.140. The van der Waals surface area contributed by atoms with Gasteiger partial charge in [-0.1, -0.05) is 82.3 Å². The van der Waals surface area contributed by atoms with Gasteiger partial charge in [0.05, 0.1) is 16.7 Å². The fraction of sp³-hybridized carbons (Fsp3) is 0.526. The third-order valence-corrected chi connectivity index (χ3v) is 10.6. The van der Waals surface area contributed by atoms with Crippen molar-refractivity contribution in [1.29, 1.82) is 0 Å². The van der Waals surface area contributed by atoms with Gasteiger partial charge in [-0.15, -0.1) is 0 Å². The normalized spacial score (nSPS) is 22.0. The van der Waals surface area contributed by atoms with Crippen molar-refractivity contribution >= 4 is 34.8 Å². The maximum atomic E-state index is 14.3. The van der Waals surface area contributed by atoms with E-state index in [1.54, 1.807) is 12.1 Å². The third-order valence-electron chi connectivity index (χ3n) is 9.87. The van der Waals surface area contributed by atoms with Crippen molar-refractivity contribution in [2.75, 3.05) is 6.61 Å². The predicted octanol–water partition coefficient (Wildman–Crippen LogP) is 9.99. The van der Waals surface area contributed by atoms with Crippen LogP contribution in [0.15, 0.2) is 58.9 Å². The van der Waals surface area contributed by atoms with Gasteiger partial charge in [-0.3, -0.25) is 9.59 Å². The highest BCUT2D eigenvalue weighted by Crippen LogP contribution is 2.56. The molecule has 45 heavy (non-hydrogen) atoms. The molecular formula is C38H45Cl2NO4. The van der Waals surface area contributed by atoms with Crippen molar-refractivity contribution in [2.24, 2.45) is 10.8 Å². The largest absolute Gasteiger partial charge is 0.490 e. The molecule has 2 aromatic rings. The summed E-state index contributed by atoms with van der Waals surface area (Å²) in [6.45, 7) is 11.5. The van der Waals surface area contributed by atoms with E-state index >= 15 is 0 Å². The lowest BCUT2D eigenvalue weighted by molar-refractivity contribution is -0.119. The zero-order valence-corrected chi connectivity index (χ0v) is 28.7. The highest BCUT2D eigenvalue weighted by atomic mass is 35.5. The highest BCUT2D eigenvalue weighted by Gasteiger charge is 2.50. The van der Waals surface area contributed by atoms with Crippen LogP contribution in [0.1, 0.15) is 109 Å². The van der Waals surface area contributed by atoms with Gasteiger partial charge in [0.1, 0.15) is 6.61 Å². The molecule has 2 aromatic carbocycles. The predicted molar refractivity (Wildman–Crippen MR) is 180 cm³/mol. The lowest BCUT2D eigenvalue weighted by atomic mass is 9.63. The number of ketones is 2. The Hall–Kier alpha value is -2.76. The fourth-order valence-corrected chi connectivity index (χ4v) is 8.31. The van der Waals surface area contributed by atoms with E-state index in [-0.39, 0.29) is 22.4 Å². The second-order valence-corrected chi connectivity index (χ2v) is 15.7. The number of nitrogens with zero attached hydrogens (tertiary/aromatic N) is 1. The van der Waals surface area contributed by atoms with E-state index in [2.05, 4.69) is 32.6 Å². The SMILES string of the molecule is CCOc1cc(C2C3=C(CC(C)(C)CC3=O)N(C3CCCCC3)C3=C2C(=O)CC(C)(C)C3)ccc1OCc1ccc(Cl)c(Cl)c1. The minimum atomic E-state index is -0.412. The molecule has 1 saturated carbocycles. The van der Waals surface area contributed by atoms with Gasteiger partial charge in [0, 0.05) is 47.3 Å². The summed E-state index contributed by atoms with van der Waals surface area (Å²) in [4.78, 5) is 31.0. The molecule has 4 aliphatic rings. The lowest BCUT2D eigenvalue weighted by Gasteiger charge is -2.52. The number of carbonyl (C=O) groups excluding carboxylic acids is 2. The fourth-order valence-electron chi connectivity index (χ4n) is 7.99. The third kappa shape index (κ3) is 6.45. The summed E-state index contributed by atoms with van der Waals surface area (Å²) in [6, 6.07) is 11.7. The molecule has 1 aliphatic heterocycles. The van der Waals surface area contributed by atoms with Gasteiger partial charge in [-0.2, -0.15) is 0 Å². The second kappa shape index (κ2) is 12.4. The Kier molecular flexibility index (Phi) is 8.91. The summed E-state index contributed by atoms with van der Waals surface area (Å²) >= 11 is 12.3. The molecule has 0 amide bonds. The maximum absolute atomic E-state index is 14.3. The van der Waals surface area contributed by atoms with Gasteiger partial charge in [0.15, 0.2) is 23.1 Å². The molecular weight excluding hydrogens is 605 g/mol. The average molecular weight is 651 g/mol. The number of carbonyl (C=O) groups is 2. The van der Waals surface area contributed by atoms with E-state index in [0.717, 1.165) is 59.4 Å². The summed E-state index contributed by atoms with van der Waals surface area (Å²) in [7, 11) is 0. The standard InChI is InChI=1S/C38H45Cl2NO4/c1-6-44-33-17-24(13-15-32(33)45-22-23-12-14-26(39)27(40)16-23)34-35-28(18-37(2,3)20-30(35)42)41(25-10-8-7-9-11-25)29-19-38(4,5)21-31(43)36(29)34/h12-17,25,34H,6-11,18-22H2,1-5H3. The van der Waals surface area contributed by atoms with Crippen LogP contribution >= 0.6 is 23.2 Å². The van der Waals surface area contributed by atoms with Crippen LogP contribution in [0, 0.1) is 10.8 Å². The van der Waals surface area contributed by atoms with E-state index in [1.165, 1.54) is 19.3 Å². The molecule has 1 heterocycles. The first kappa shape index (κ1) is 32.2. The number of hydrogen-bond donors (Lipinski definition) is 0. The Labute approximate surface area is 277 Å². The summed E-state index contributed by atoms with van der Waals surface area (Å²) in [5, 5.41) is 0.976. The number of benzene rings is 2. The van der Waals surface area contributed by atoms with Crippen LogP contribution in [-0.2, 0) is 16.2 Å².